The fourth-order valence-corrected chi connectivity index (χ4v) is 6.00. The number of unbranched alkanes of at least 4 members (excludes halogenated alkanes) is 23. The number of allylic oxidation sites excluding steroid dienone is 2. The minimum Gasteiger partial charge on any atom is -0.393 e. The second-order valence-electron chi connectivity index (χ2n) is 13.5. The van der Waals surface area contributed by atoms with E-state index in [-0.39, 0.29) is 12.2 Å². The fourth-order valence-electron chi connectivity index (χ4n) is 6.00. The summed E-state index contributed by atoms with van der Waals surface area (Å²) in [4.78, 5) is 25.8. The first-order valence-corrected chi connectivity index (χ1v) is 19.1. The number of ketones is 2. The summed E-state index contributed by atoms with van der Waals surface area (Å²) < 4.78 is 0. The Bertz CT molecular complexity index is 669. The van der Waals surface area contributed by atoms with Crippen LogP contribution in [-0.4, -0.2) is 45.7 Å². The summed E-state index contributed by atoms with van der Waals surface area (Å²) in [5.74, 6) is -0.984. The molecule has 0 aliphatic carbocycles. The van der Waals surface area contributed by atoms with E-state index in [4.69, 9.17) is 0 Å². The van der Waals surface area contributed by atoms with Crippen molar-refractivity contribution < 1.29 is 24.9 Å². The molecule has 0 bridgehead atoms. The Morgan fingerprint density at radius 3 is 1.32 bits per heavy atom. The van der Waals surface area contributed by atoms with Gasteiger partial charge in [0, 0.05) is 18.8 Å². The number of Topliss-reactive ketones (excluding diaryl/α,β-unsaturated/α-hetero) is 2. The molecule has 0 aliphatic rings. The molecule has 0 saturated heterocycles. The van der Waals surface area contributed by atoms with E-state index in [2.05, 4.69) is 26.0 Å². The van der Waals surface area contributed by atoms with Gasteiger partial charge in [-0.05, 0) is 38.5 Å². The first-order valence-electron chi connectivity index (χ1n) is 19.1. The van der Waals surface area contributed by atoms with Crippen LogP contribution in [0.5, 0.6) is 0 Å². The SMILES string of the molecule is CCCCCCCC/C=C\CCCCCC(CC(=O)C(O)(CO)CO)C(=O)CCCCCCCCCCCCCCCCC. The number of hydrogen-bond acceptors (Lipinski definition) is 5. The van der Waals surface area contributed by atoms with E-state index in [1.54, 1.807) is 0 Å². The molecule has 0 aromatic carbocycles. The number of hydrogen-bond donors (Lipinski definition) is 3. The standard InChI is InChI=1S/C39H74O5/c1-3-5-7-9-11-13-15-17-18-20-22-24-26-28-30-32-37(42)36(33-38(43)39(44,34-40)35-41)31-29-27-25-23-21-19-16-14-12-10-8-6-4-2/h19,21,36,40-41,44H,3-18,20,22-35H2,1-2H3/b21-19-. The van der Waals surface area contributed by atoms with Crippen molar-refractivity contribution in [2.45, 2.75) is 206 Å². The van der Waals surface area contributed by atoms with Gasteiger partial charge in [-0.25, -0.2) is 0 Å². The lowest BCUT2D eigenvalue weighted by Crippen LogP contribution is -2.47. The normalized spacial score (nSPS) is 12.8. The van der Waals surface area contributed by atoms with Gasteiger partial charge in [0.05, 0.1) is 13.2 Å². The molecule has 0 rings (SSSR count). The summed E-state index contributed by atoms with van der Waals surface area (Å²) in [5, 5.41) is 29.1. The average Bonchev–Trinajstić information content (AvgIpc) is 3.03. The van der Waals surface area contributed by atoms with E-state index in [1.807, 2.05) is 0 Å². The van der Waals surface area contributed by atoms with E-state index in [9.17, 15) is 24.9 Å². The quantitative estimate of drug-likeness (QED) is 0.0483. The van der Waals surface area contributed by atoms with Crippen molar-refractivity contribution in [1.29, 1.82) is 0 Å². The van der Waals surface area contributed by atoms with Crippen LogP contribution >= 0.6 is 0 Å². The molecule has 1 atom stereocenters. The lowest BCUT2D eigenvalue weighted by Gasteiger charge is -2.24. The Balaban J connectivity index is 4.21. The summed E-state index contributed by atoms with van der Waals surface area (Å²) in [6.45, 7) is 2.86. The molecule has 5 nitrogen and oxygen atoms in total. The van der Waals surface area contributed by atoms with Crippen LogP contribution in [0.3, 0.4) is 0 Å². The Morgan fingerprint density at radius 1 is 0.545 bits per heavy atom. The number of rotatable bonds is 35. The maximum absolute atomic E-state index is 13.1. The van der Waals surface area contributed by atoms with Gasteiger partial charge in [-0.3, -0.25) is 9.59 Å². The predicted octanol–water partition coefficient (Wildman–Crippen LogP) is 10.4. The molecule has 0 heterocycles. The van der Waals surface area contributed by atoms with Gasteiger partial charge in [0.25, 0.3) is 0 Å². The van der Waals surface area contributed by atoms with Crippen molar-refractivity contribution in [1.82, 2.24) is 0 Å². The largest absolute Gasteiger partial charge is 0.393 e. The molecule has 0 spiro atoms. The first-order chi connectivity index (χ1) is 21.4. The van der Waals surface area contributed by atoms with Crippen LogP contribution in [-0.2, 0) is 9.59 Å². The van der Waals surface area contributed by atoms with Gasteiger partial charge in [0.1, 0.15) is 5.78 Å². The van der Waals surface area contributed by atoms with Crippen molar-refractivity contribution in [2.24, 2.45) is 5.92 Å². The van der Waals surface area contributed by atoms with E-state index in [0.29, 0.717) is 12.8 Å². The summed E-state index contributed by atoms with van der Waals surface area (Å²) in [6, 6.07) is 0. The molecule has 0 radical (unpaired) electrons. The molecule has 0 amide bonds. The summed E-state index contributed by atoms with van der Waals surface area (Å²) in [5.41, 5.74) is -2.16. The molecule has 44 heavy (non-hydrogen) atoms. The lowest BCUT2D eigenvalue weighted by molar-refractivity contribution is -0.149. The highest BCUT2D eigenvalue weighted by atomic mass is 16.4. The molecule has 1 unspecified atom stereocenters. The number of aliphatic hydroxyl groups is 3. The van der Waals surface area contributed by atoms with Gasteiger partial charge in [-0.2, -0.15) is 0 Å². The van der Waals surface area contributed by atoms with E-state index < -0.39 is 30.5 Å². The zero-order valence-corrected chi connectivity index (χ0v) is 29.3. The van der Waals surface area contributed by atoms with E-state index >= 15 is 0 Å². The van der Waals surface area contributed by atoms with E-state index in [1.165, 1.54) is 116 Å². The van der Waals surface area contributed by atoms with Crippen LogP contribution in [0.2, 0.25) is 0 Å². The zero-order valence-electron chi connectivity index (χ0n) is 29.3. The Labute approximate surface area is 273 Å². The van der Waals surface area contributed by atoms with Crippen LogP contribution in [0, 0.1) is 5.92 Å². The molecular formula is C39H74O5. The molecule has 260 valence electrons. The maximum Gasteiger partial charge on any atom is 0.169 e. The molecule has 0 aromatic heterocycles. The third kappa shape index (κ3) is 25.2. The van der Waals surface area contributed by atoms with Crippen molar-refractivity contribution in [3.05, 3.63) is 12.2 Å². The monoisotopic (exact) mass is 623 g/mol. The number of aliphatic hydroxyl groups excluding tert-OH is 2. The van der Waals surface area contributed by atoms with E-state index in [0.717, 1.165) is 51.4 Å². The van der Waals surface area contributed by atoms with Crippen LogP contribution in [0.1, 0.15) is 200 Å². The Hall–Kier alpha value is -1.04. The van der Waals surface area contributed by atoms with Gasteiger partial charge in [-0.15, -0.1) is 0 Å². The van der Waals surface area contributed by atoms with Crippen molar-refractivity contribution in [3.63, 3.8) is 0 Å². The highest BCUT2D eigenvalue weighted by Gasteiger charge is 2.36. The molecular weight excluding hydrogens is 548 g/mol. The summed E-state index contributed by atoms with van der Waals surface area (Å²) >= 11 is 0. The van der Waals surface area contributed by atoms with Crippen LogP contribution in [0.25, 0.3) is 0 Å². The Kier molecular flexibility index (Phi) is 31.2. The third-order valence-electron chi connectivity index (χ3n) is 9.27. The minimum atomic E-state index is -2.16. The highest BCUT2D eigenvalue weighted by molar-refractivity contribution is 5.92. The van der Waals surface area contributed by atoms with Gasteiger partial charge in [0.2, 0.25) is 0 Å². The highest BCUT2D eigenvalue weighted by Crippen LogP contribution is 2.23. The van der Waals surface area contributed by atoms with Gasteiger partial charge < -0.3 is 15.3 Å². The lowest BCUT2D eigenvalue weighted by atomic mass is 9.84. The fraction of sp³-hybridized carbons (Fsp3) is 0.897. The minimum absolute atomic E-state index is 0.0881. The van der Waals surface area contributed by atoms with Crippen molar-refractivity contribution in [2.75, 3.05) is 13.2 Å². The van der Waals surface area contributed by atoms with Gasteiger partial charge >= 0.3 is 0 Å². The predicted molar refractivity (Wildman–Crippen MR) is 187 cm³/mol. The van der Waals surface area contributed by atoms with Gasteiger partial charge in [0.15, 0.2) is 11.4 Å². The molecule has 0 fully saturated rings. The van der Waals surface area contributed by atoms with Crippen molar-refractivity contribution in [3.8, 4) is 0 Å². The molecule has 5 heteroatoms. The second kappa shape index (κ2) is 31.9. The number of carbonyl (C=O) groups excluding carboxylic acids is 2. The average molecular weight is 623 g/mol. The summed E-state index contributed by atoms with van der Waals surface area (Å²) in [7, 11) is 0. The van der Waals surface area contributed by atoms with Crippen LogP contribution in [0.4, 0.5) is 0 Å². The summed E-state index contributed by atoms with van der Waals surface area (Å²) in [6.07, 6.45) is 37.8. The number of carbonyl (C=O) groups is 2. The van der Waals surface area contributed by atoms with Gasteiger partial charge in [-0.1, -0.05) is 161 Å². The topological polar surface area (TPSA) is 94.8 Å². The zero-order chi connectivity index (χ0) is 32.6. The van der Waals surface area contributed by atoms with Crippen LogP contribution < -0.4 is 0 Å². The smallest absolute Gasteiger partial charge is 0.169 e. The first kappa shape index (κ1) is 43.0. The Morgan fingerprint density at radius 2 is 0.909 bits per heavy atom. The maximum atomic E-state index is 13.1. The molecule has 3 N–H and O–H groups in total. The van der Waals surface area contributed by atoms with Crippen molar-refractivity contribution >= 4 is 11.6 Å². The second-order valence-corrected chi connectivity index (χ2v) is 13.5. The molecule has 0 saturated carbocycles. The molecule has 0 aliphatic heterocycles. The third-order valence-corrected chi connectivity index (χ3v) is 9.27. The molecule has 0 aromatic rings. The van der Waals surface area contributed by atoms with Crippen LogP contribution in [0.15, 0.2) is 12.2 Å².